The van der Waals surface area contributed by atoms with Crippen LogP contribution in [0.3, 0.4) is 0 Å². The predicted octanol–water partition coefficient (Wildman–Crippen LogP) is 1.58. The van der Waals surface area contributed by atoms with Crippen molar-refractivity contribution in [3.05, 3.63) is 59.9 Å². The monoisotopic (exact) mass is 291 g/mol. The molecule has 0 aliphatic carbocycles. The van der Waals surface area contributed by atoms with Crippen molar-refractivity contribution < 1.29 is 8.42 Å². The average Bonchev–Trinajstić information content (AvgIpc) is 2.46. The molecule has 0 fully saturated rings. The van der Waals surface area contributed by atoms with Crippen molar-refractivity contribution in [1.29, 1.82) is 0 Å². The number of nitrogens with one attached hydrogen (secondary N) is 1. The Morgan fingerprint density at radius 1 is 1.25 bits per heavy atom. The summed E-state index contributed by atoms with van der Waals surface area (Å²) in [6.45, 7) is 2.06. The summed E-state index contributed by atoms with van der Waals surface area (Å²) in [5, 5.41) is 0. The lowest BCUT2D eigenvalue weighted by Gasteiger charge is -2.09. The Labute approximate surface area is 118 Å². The van der Waals surface area contributed by atoms with Crippen LogP contribution < -0.4 is 10.5 Å². The molecule has 0 amide bonds. The van der Waals surface area contributed by atoms with Crippen molar-refractivity contribution in [2.45, 2.75) is 24.4 Å². The van der Waals surface area contributed by atoms with E-state index in [9.17, 15) is 8.42 Å². The number of nitrogens with zero attached hydrogens (tertiary/aromatic N) is 1. The topological polar surface area (TPSA) is 85.1 Å². The fourth-order valence-electron chi connectivity index (χ4n) is 1.71. The highest BCUT2D eigenvalue weighted by molar-refractivity contribution is 7.89. The van der Waals surface area contributed by atoms with E-state index in [0.717, 1.165) is 11.1 Å². The van der Waals surface area contributed by atoms with E-state index in [1.54, 1.807) is 42.7 Å². The smallest absolute Gasteiger partial charge is 0.240 e. The normalized spacial score (nSPS) is 13.1. The number of benzene rings is 1. The fraction of sp³-hybridized carbons (Fsp3) is 0.214. The van der Waals surface area contributed by atoms with E-state index in [1.165, 1.54) is 0 Å². The minimum Gasteiger partial charge on any atom is -0.324 e. The molecule has 6 heteroatoms. The van der Waals surface area contributed by atoms with Gasteiger partial charge < -0.3 is 5.73 Å². The maximum Gasteiger partial charge on any atom is 0.240 e. The molecule has 0 spiro atoms. The molecule has 0 aliphatic heterocycles. The molecule has 0 saturated heterocycles. The second-order valence-electron chi connectivity index (χ2n) is 4.54. The van der Waals surface area contributed by atoms with Crippen molar-refractivity contribution in [2.24, 2.45) is 5.73 Å². The van der Waals surface area contributed by atoms with E-state index in [4.69, 9.17) is 5.73 Å². The molecular formula is C14H17N3O2S. The van der Waals surface area contributed by atoms with Crippen LogP contribution >= 0.6 is 0 Å². The van der Waals surface area contributed by atoms with Crippen molar-refractivity contribution >= 4 is 10.0 Å². The van der Waals surface area contributed by atoms with Crippen molar-refractivity contribution in [2.75, 3.05) is 0 Å². The zero-order chi connectivity index (χ0) is 14.6. The molecule has 1 aromatic heterocycles. The van der Waals surface area contributed by atoms with Crippen LogP contribution in [0.4, 0.5) is 0 Å². The molecule has 1 atom stereocenters. The SMILES string of the molecule is CC(N)c1ccc(S(=O)(=O)NCc2cccnc2)cc1. The Morgan fingerprint density at radius 3 is 2.50 bits per heavy atom. The average molecular weight is 291 g/mol. The minimum absolute atomic E-state index is 0.116. The maximum atomic E-state index is 12.1. The Kier molecular flexibility index (Phi) is 4.49. The largest absolute Gasteiger partial charge is 0.324 e. The molecule has 1 heterocycles. The lowest BCUT2D eigenvalue weighted by atomic mass is 10.1. The van der Waals surface area contributed by atoms with Gasteiger partial charge >= 0.3 is 0 Å². The van der Waals surface area contributed by atoms with Crippen LogP contribution in [-0.4, -0.2) is 13.4 Å². The van der Waals surface area contributed by atoms with E-state index < -0.39 is 10.0 Å². The van der Waals surface area contributed by atoms with Gasteiger partial charge in [0.2, 0.25) is 10.0 Å². The highest BCUT2D eigenvalue weighted by Crippen LogP contribution is 2.14. The van der Waals surface area contributed by atoms with Gasteiger partial charge in [0.05, 0.1) is 4.90 Å². The van der Waals surface area contributed by atoms with Crippen molar-refractivity contribution in [3.63, 3.8) is 0 Å². The summed E-state index contributed by atoms with van der Waals surface area (Å²) in [4.78, 5) is 4.17. The van der Waals surface area contributed by atoms with Crippen LogP contribution in [0.1, 0.15) is 24.1 Å². The molecule has 1 aromatic carbocycles. The molecular weight excluding hydrogens is 274 g/mol. The third-order valence-electron chi connectivity index (χ3n) is 2.91. The number of hydrogen-bond acceptors (Lipinski definition) is 4. The first kappa shape index (κ1) is 14.6. The quantitative estimate of drug-likeness (QED) is 0.876. The van der Waals surface area contributed by atoms with Crippen LogP contribution in [0.5, 0.6) is 0 Å². The zero-order valence-corrected chi connectivity index (χ0v) is 12.0. The first-order valence-electron chi connectivity index (χ1n) is 6.23. The van der Waals surface area contributed by atoms with Gasteiger partial charge in [-0.25, -0.2) is 13.1 Å². The molecule has 20 heavy (non-hydrogen) atoms. The highest BCUT2D eigenvalue weighted by atomic mass is 32.2. The lowest BCUT2D eigenvalue weighted by Crippen LogP contribution is -2.23. The molecule has 0 aliphatic rings. The lowest BCUT2D eigenvalue weighted by molar-refractivity contribution is 0.581. The number of rotatable bonds is 5. The Bertz CT molecular complexity index is 653. The molecule has 2 rings (SSSR count). The van der Waals surface area contributed by atoms with Gasteiger partial charge in [-0.1, -0.05) is 18.2 Å². The molecule has 0 radical (unpaired) electrons. The zero-order valence-electron chi connectivity index (χ0n) is 11.2. The van der Waals surface area contributed by atoms with Gasteiger partial charge in [-0.3, -0.25) is 4.98 Å². The summed E-state index contributed by atoms with van der Waals surface area (Å²) < 4.78 is 26.8. The second kappa shape index (κ2) is 6.13. The molecule has 0 bridgehead atoms. The molecule has 2 aromatic rings. The summed E-state index contributed by atoms with van der Waals surface area (Å²) in [5.74, 6) is 0. The van der Waals surface area contributed by atoms with Gasteiger partial charge in [0.1, 0.15) is 0 Å². The van der Waals surface area contributed by atoms with E-state index in [-0.39, 0.29) is 17.5 Å². The molecule has 5 nitrogen and oxygen atoms in total. The van der Waals surface area contributed by atoms with Gasteiger partial charge in [0.25, 0.3) is 0 Å². The number of sulfonamides is 1. The number of aromatic nitrogens is 1. The van der Waals surface area contributed by atoms with E-state index >= 15 is 0 Å². The summed E-state index contributed by atoms with van der Waals surface area (Å²) in [6, 6.07) is 10.0. The number of hydrogen-bond donors (Lipinski definition) is 2. The first-order valence-corrected chi connectivity index (χ1v) is 7.71. The second-order valence-corrected chi connectivity index (χ2v) is 6.31. The van der Waals surface area contributed by atoms with E-state index in [1.807, 2.05) is 13.0 Å². The number of pyridine rings is 1. The standard InChI is InChI=1S/C14H17N3O2S/c1-11(15)13-4-6-14(7-5-13)20(18,19)17-10-12-3-2-8-16-9-12/h2-9,11,17H,10,15H2,1H3. The van der Waals surface area contributed by atoms with Crippen LogP contribution in [0, 0.1) is 0 Å². The molecule has 106 valence electrons. The summed E-state index contributed by atoms with van der Waals surface area (Å²) in [7, 11) is -3.52. The van der Waals surface area contributed by atoms with Gasteiger partial charge in [-0.15, -0.1) is 0 Å². The Hall–Kier alpha value is -1.76. The van der Waals surface area contributed by atoms with Gasteiger partial charge in [0, 0.05) is 25.0 Å². The maximum absolute atomic E-state index is 12.1. The van der Waals surface area contributed by atoms with E-state index in [2.05, 4.69) is 9.71 Å². The fourth-order valence-corrected chi connectivity index (χ4v) is 2.73. The van der Waals surface area contributed by atoms with Crippen LogP contribution in [0.2, 0.25) is 0 Å². The Morgan fingerprint density at radius 2 is 1.95 bits per heavy atom. The third kappa shape index (κ3) is 3.63. The van der Waals surface area contributed by atoms with Gasteiger partial charge in [-0.05, 0) is 36.2 Å². The highest BCUT2D eigenvalue weighted by Gasteiger charge is 2.13. The van der Waals surface area contributed by atoms with Crippen LogP contribution in [0.25, 0.3) is 0 Å². The van der Waals surface area contributed by atoms with E-state index in [0.29, 0.717) is 0 Å². The van der Waals surface area contributed by atoms with Gasteiger partial charge in [0.15, 0.2) is 0 Å². The van der Waals surface area contributed by atoms with Crippen molar-refractivity contribution in [3.8, 4) is 0 Å². The molecule has 1 unspecified atom stereocenters. The first-order chi connectivity index (χ1) is 9.49. The summed E-state index contributed by atoms with van der Waals surface area (Å²) in [5.41, 5.74) is 7.44. The van der Waals surface area contributed by atoms with Crippen molar-refractivity contribution in [1.82, 2.24) is 9.71 Å². The number of nitrogens with two attached hydrogens (primary N) is 1. The van der Waals surface area contributed by atoms with Crippen LogP contribution in [0.15, 0.2) is 53.7 Å². The predicted molar refractivity (Wildman–Crippen MR) is 77.3 cm³/mol. The summed E-state index contributed by atoms with van der Waals surface area (Å²) in [6.07, 6.45) is 3.27. The molecule has 3 N–H and O–H groups in total. The Balaban J connectivity index is 2.10. The van der Waals surface area contributed by atoms with Crippen LogP contribution in [-0.2, 0) is 16.6 Å². The molecule has 0 saturated carbocycles. The summed E-state index contributed by atoms with van der Waals surface area (Å²) >= 11 is 0. The minimum atomic E-state index is -3.52. The van der Waals surface area contributed by atoms with Gasteiger partial charge in [-0.2, -0.15) is 0 Å². The third-order valence-corrected chi connectivity index (χ3v) is 4.32.